The number of carbonyl (C=O) groups is 2. The molecule has 3 aromatic rings. The van der Waals surface area contributed by atoms with Gasteiger partial charge < -0.3 is 10.2 Å². The van der Waals surface area contributed by atoms with Crippen LogP contribution in [0.1, 0.15) is 62.5 Å². The molecule has 0 radical (unpaired) electrons. The first-order valence-electron chi connectivity index (χ1n) is 12.1. The summed E-state index contributed by atoms with van der Waals surface area (Å²) in [5.41, 5.74) is 3.12. The number of aromatic carboxylic acids is 1. The molecule has 35 heavy (non-hydrogen) atoms. The van der Waals surface area contributed by atoms with Crippen molar-refractivity contribution in [1.29, 1.82) is 0 Å². The molecule has 0 bridgehead atoms. The van der Waals surface area contributed by atoms with E-state index in [1.54, 1.807) is 17.2 Å². The first-order valence-corrected chi connectivity index (χ1v) is 12.1. The number of carbonyl (C=O) groups excluding carboxylic acids is 1. The number of pyridine rings is 1. The van der Waals surface area contributed by atoms with Crippen molar-refractivity contribution >= 4 is 17.7 Å². The molecular weight excluding hydrogens is 444 g/mol. The van der Waals surface area contributed by atoms with Crippen molar-refractivity contribution in [1.82, 2.24) is 14.8 Å². The third kappa shape index (κ3) is 5.27. The number of aliphatic hydroxyl groups excluding tert-OH is 1. The van der Waals surface area contributed by atoms with E-state index in [0.29, 0.717) is 17.3 Å². The van der Waals surface area contributed by atoms with Gasteiger partial charge in [0, 0.05) is 29.9 Å². The van der Waals surface area contributed by atoms with Crippen LogP contribution in [0.4, 0.5) is 5.82 Å². The van der Waals surface area contributed by atoms with Crippen LogP contribution in [0, 0.1) is 11.8 Å². The SMILES string of the molecule is CC(C)N(c1nn(-c2ccc(-c3ccc(CO)nc3)cc2)cc1C(=O)O)C(=O)[C@H]1CC[C@H](C)CC1. The molecule has 0 atom stereocenters. The van der Waals surface area contributed by atoms with Gasteiger partial charge in [0.05, 0.1) is 18.0 Å². The van der Waals surface area contributed by atoms with Gasteiger partial charge in [-0.15, -0.1) is 5.10 Å². The molecule has 8 heteroatoms. The molecule has 4 rings (SSSR count). The lowest BCUT2D eigenvalue weighted by Gasteiger charge is -2.32. The first kappa shape index (κ1) is 24.6. The molecule has 1 aromatic carbocycles. The summed E-state index contributed by atoms with van der Waals surface area (Å²) in [6.45, 7) is 5.87. The normalized spacial score (nSPS) is 18.0. The van der Waals surface area contributed by atoms with Crippen LogP contribution in [0.2, 0.25) is 0 Å². The number of hydrogen-bond acceptors (Lipinski definition) is 5. The van der Waals surface area contributed by atoms with E-state index in [9.17, 15) is 19.8 Å². The van der Waals surface area contributed by atoms with Crippen LogP contribution in [0.15, 0.2) is 48.8 Å². The Morgan fingerprint density at radius 1 is 1.06 bits per heavy atom. The number of benzene rings is 1. The van der Waals surface area contributed by atoms with Crippen LogP contribution in [0.5, 0.6) is 0 Å². The Bertz CT molecular complexity index is 1180. The van der Waals surface area contributed by atoms with E-state index >= 15 is 0 Å². The molecule has 2 N–H and O–H groups in total. The highest BCUT2D eigenvalue weighted by atomic mass is 16.4. The van der Waals surface area contributed by atoms with Crippen molar-refractivity contribution < 1.29 is 19.8 Å². The molecule has 1 amide bonds. The minimum Gasteiger partial charge on any atom is -0.477 e. The zero-order valence-corrected chi connectivity index (χ0v) is 20.4. The monoisotopic (exact) mass is 476 g/mol. The average molecular weight is 477 g/mol. The predicted molar refractivity (Wildman–Crippen MR) is 133 cm³/mol. The Morgan fingerprint density at radius 3 is 2.26 bits per heavy atom. The van der Waals surface area contributed by atoms with Crippen LogP contribution < -0.4 is 4.90 Å². The van der Waals surface area contributed by atoms with Crippen molar-refractivity contribution in [2.75, 3.05) is 4.90 Å². The lowest BCUT2D eigenvalue weighted by Crippen LogP contribution is -2.43. The molecule has 1 aliphatic carbocycles. The second-order valence-corrected chi connectivity index (χ2v) is 9.62. The van der Waals surface area contributed by atoms with Gasteiger partial charge in [0.15, 0.2) is 5.82 Å². The quantitative estimate of drug-likeness (QED) is 0.512. The van der Waals surface area contributed by atoms with Gasteiger partial charge in [0.1, 0.15) is 5.56 Å². The highest BCUT2D eigenvalue weighted by molar-refractivity contribution is 6.01. The Hall–Kier alpha value is -3.52. The largest absolute Gasteiger partial charge is 0.477 e. The zero-order valence-electron chi connectivity index (χ0n) is 20.4. The van der Waals surface area contributed by atoms with Gasteiger partial charge in [-0.2, -0.15) is 0 Å². The summed E-state index contributed by atoms with van der Waals surface area (Å²) in [5.74, 6) is -0.469. The predicted octanol–water partition coefficient (Wildman–Crippen LogP) is 4.69. The molecule has 1 aliphatic rings. The molecule has 0 unspecified atom stereocenters. The lowest BCUT2D eigenvalue weighted by molar-refractivity contribution is -0.124. The summed E-state index contributed by atoms with van der Waals surface area (Å²) in [5, 5.41) is 23.7. The highest BCUT2D eigenvalue weighted by Crippen LogP contribution is 2.33. The zero-order chi connectivity index (χ0) is 25.1. The summed E-state index contributed by atoms with van der Waals surface area (Å²) in [7, 11) is 0. The molecular formula is C27H32N4O4. The van der Waals surface area contributed by atoms with Gasteiger partial charge >= 0.3 is 5.97 Å². The number of amides is 1. The Balaban J connectivity index is 1.64. The third-order valence-corrected chi connectivity index (χ3v) is 6.72. The number of anilines is 1. The maximum Gasteiger partial charge on any atom is 0.341 e. The van der Waals surface area contributed by atoms with Gasteiger partial charge in [-0.05, 0) is 69.2 Å². The molecule has 1 saturated carbocycles. The summed E-state index contributed by atoms with van der Waals surface area (Å²) in [6.07, 6.45) is 6.83. The van der Waals surface area contributed by atoms with Crippen molar-refractivity contribution in [3.8, 4) is 16.8 Å². The van der Waals surface area contributed by atoms with E-state index in [1.165, 1.54) is 10.9 Å². The van der Waals surface area contributed by atoms with E-state index < -0.39 is 5.97 Å². The topological polar surface area (TPSA) is 109 Å². The number of aliphatic hydroxyl groups is 1. The van der Waals surface area contributed by atoms with E-state index in [2.05, 4.69) is 17.0 Å². The fraction of sp³-hybridized carbons (Fsp3) is 0.407. The number of carboxylic acids is 1. The second-order valence-electron chi connectivity index (χ2n) is 9.62. The van der Waals surface area contributed by atoms with Crippen molar-refractivity contribution in [2.24, 2.45) is 11.8 Å². The van der Waals surface area contributed by atoms with Crippen LogP contribution in [0.25, 0.3) is 16.8 Å². The standard InChI is InChI=1S/C27H32N4O4/c1-17(2)31(26(33)20-6-4-18(3)5-7-20)25-24(27(34)35)15-30(29-25)23-12-9-19(10-13-23)21-8-11-22(16-32)28-14-21/h8-15,17-18,20,32H,4-7,16H2,1-3H3,(H,34,35)/t18-,20-. The maximum atomic E-state index is 13.5. The van der Waals surface area contributed by atoms with E-state index in [0.717, 1.165) is 36.8 Å². The summed E-state index contributed by atoms with van der Waals surface area (Å²) < 4.78 is 1.52. The Kier molecular flexibility index (Phi) is 7.31. The number of nitrogens with zero attached hydrogens (tertiary/aromatic N) is 4. The molecule has 0 aliphatic heterocycles. The van der Waals surface area contributed by atoms with Crippen molar-refractivity contribution in [2.45, 2.75) is 59.1 Å². The highest BCUT2D eigenvalue weighted by Gasteiger charge is 2.34. The van der Waals surface area contributed by atoms with Gasteiger partial charge in [0.2, 0.25) is 5.91 Å². The molecule has 2 heterocycles. The minimum atomic E-state index is -1.12. The van der Waals surface area contributed by atoms with E-state index in [1.807, 2.05) is 44.2 Å². The number of rotatable bonds is 7. The summed E-state index contributed by atoms with van der Waals surface area (Å²) in [4.78, 5) is 31.4. The van der Waals surface area contributed by atoms with Gasteiger partial charge in [-0.25, -0.2) is 9.48 Å². The van der Waals surface area contributed by atoms with Crippen LogP contribution in [-0.4, -0.2) is 42.9 Å². The number of carboxylic acid groups (broad SMARTS) is 1. The maximum absolute atomic E-state index is 13.5. The number of aromatic nitrogens is 3. The van der Waals surface area contributed by atoms with Crippen molar-refractivity contribution in [3.63, 3.8) is 0 Å². The average Bonchev–Trinajstić information content (AvgIpc) is 3.29. The van der Waals surface area contributed by atoms with Gasteiger partial charge in [0.25, 0.3) is 0 Å². The minimum absolute atomic E-state index is 0.00379. The molecule has 2 aromatic heterocycles. The Labute approximate surface area is 205 Å². The van der Waals surface area contributed by atoms with E-state index in [4.69, 9.17) is 0 Å². The second kappa shape index (κ2) is 10.4. The fourth-order valence-electron chi connectivity index (χ4n) is 4.63. The van der Waals surface area contributed by atoms with Gasteiger partial charge in [-0.1, -0.05) is 25.1 Å². The molecule has 0 saturated heterocycles. The van der Waals surface area contributed by atoms with Crippen LogP contribution >= 0.6 is 0 Å². The fourth-order valence-corrected chi connectivity index (χ4v) is 4.63. The van der Waals surface area contributed by atoms with Crippen LogP contribution in [0.3, 0.4) is 0 Å². The molecule has 1 fully saturated rings. The number of hydrogen-bond donors (Lipinski definition) is 2. The van der Waals surface area contributed by atoms with Crippen molar-refractivity contribution in [3.05, 3.63) is 60.0 Å². The smallest absolute Gasteiger partial charge is 0.341 e. The summed E-state index contributed by atoms with van der Waals surface area (Å²) >= 11 is 0. The van der Waals surface area contributed by atoms with E-state index in [-0.39, 0.29) is 35.9 Å². The molecule has 184 valence electrons. The summed E-state index contributed by atoms with van der Waals surface area (Å²) in [6, 6.07) is 10.9. The first-order chi connectivity index (χ1) is 16.8. The van der Waals surface area contributed by atoms with Crippen LogP contribution in [-0.2, 0) is 11.4 Å². The van der Waals surface area contributed by atoms with Gasteiger partial charge in [-0.3, -0.25) is 14.7 Å². The molecule has 8 nitrogen and oxygen atoms in total. The Morgan fingerprint density at radius 2 is 1.71 bits per heavy atom. The third-order valence-electron chi connectivity index (χ3n) is 6.72. The molecule has 0 spiro atoms. The lowest BCUT2D eigenvalue weighted by atomic mass is 9.82.